The van der Waals surface area contributed by atoms with E-state index < -0.39 is 0 Å². The molecule has 0 radical (unpaired) electrons. The number of nitrogens with zero attached hydrogens (tertiary/aromatic N) is 1. The van der Waals surface area contributed by atoms with Crippen LogP contribution in [0.15, 0.2) is 30.3 Å². The average molecular weight is 413 g/mol. The lowest BCUT2D eigenvalue weighted by Crippen LogP contribution is -2.57. The molecule has 1 N–H and O–H groups in total. The number of fused-ring (bicyclic) bond motifs is 5. The van der Waals surface area contributed by atoms with E-state index in [9.17, 15) is 9.18 Å². The van der Waals surface area contributed by atoms with Crippen LogP contribution in [0.3, 0.4) is 0 Å². The monoisotopic (exact) mass is 412 g/mol. The van der Waals surface area contributed by atoms with Crippen LogP contribution in [0.2, 0.25) is 0 Å². The summed E-state index contributed by atoms with van der Waals surface area (Å²) in [7, 11) is 0. The fourth-order valence-corrected chi connectivity index (χ4v) is 7.55. The molecule has 164 valence electrons. The summed E-state index contributed by atoms with van der Waals surface area (Å²) >= 11 is 0. The Morgan fingerprint density at radius 1 is 1.13 bits per heavy atom. The van der Waals surface area contributed by atoms with Crippen molar-refractivity contribution in [2.45, 2.75) is 75.7 Å². The zero-order chi connectivity index (χ0) is 20.6. The van der Waals surface area contributed by atoms with Gasteiger partial charge in [0.25, 0.3) is 0 Å². The van der Waals surface area contributed by atoms with Gasteiger partial charge in [0.05, 0.1) is 6.67 Å². The first kappa shape index (κ1) is 20.5. The minimum Gasteiger partial charge on any atom is -0.352 e. The molecular formula is C26H37FN2O. The number of benzene rings is 1. The Bertz CT molecular complexity index is 747. The summed E-state index contributed by atoms with van der Waals surface area (Å²) in [5.41, 5.74) is 1.34. The minimum absolute atomic E-state index is 0.112. The van der Waals surface area contributed by atoms with Crippen molar-refractivity contribution < 1.29 is 9.18 Å². The van der Waals surface area contributed by atoms with Crippen LogP contribution < -0.4 is 5.32 Å². The van der Waals surface area contributed by atoms with Gasteiger partial charge in [0.1, 0.15) is 0 Å². The van der Waals surface area contributed by atoms with Crippen LogP contribution in [0.4, 0.5) is 4.39 Å². The van der Waals surface area contributed by atoms with Crippen molar-refractivity contribution in [2.24, 2.45) is 17.3 Å². The van der Waals surface area contributed by atoms with Gasteiger partial charge < -0.3 is 10.2 Å². The first-order valence-corrected chi connectivity index (χ1v) is 12.2. The van der Waals surface area contributed by atoms with E-state index in [2.05, 4.69) is 40.5 Å². The topological polar surface area (TPSA) is 32.3 Å². The van der Waals surface area contributed by atoms with Gasteiger partial charge in [-0.3, -0.25) is 9.18 Å². The Morgan fingerprint density at radius 3 is 2.63 bits per heavy atom. The predicted molar refractivity (Wildman–Crippen MR) is 118 cm³/mol. The van der Waals surface area contributed by atoms with Crippen molar-refractivity contribution in [3.63, 3.8) is 0 Å². The molecule has 1 aromatic rings. The Hall–Kier alpha value is -1.42. The summed E-state index contributed by atoms with van der Waals surface area (Å²) in [6.07, 6.45) is 10.3. The fourth-order valence-electron chi connectivity index (χ4n) is 7.55. The number of rotatable bonds is 6. The van der Waals surface area contributed by atoms with Gasteiger partial charge in [-0.2, -0.15) is 0 Å². The molecule has 4 atom stereocenters. The second-order valence-corrected chi connectivity index (χ2v) is 10.9. The molecule has 3 nitrogen and oxygen atoms in total. The second kappa shape index (κ2) is 8.26. The minimum atomic E-state index is -0.204. The Labute approximate surface area is 180 Å². The van der Waals surface area contributed by atoms with Gasteiger partial charge in [0.2, 0.25) is 5.91 Å². The Morgan fingerprint density at radius 2 is 1.93 bits per heavy atom. The molecule has 1 aromatic carbocycles. The van der Waals surface area contributed by atoms with Crippen LogP contribution >= 0.6 is 0 Å². The van der Waals surface area contributed by atoms with E-state index in [1.54, 1.807) is 0 Å². The fraction of sp³-hybridized carbons (Fsp3) is 0.731. The van der Waals surface area contributed by atoms with E-state index in [4.69, 9.17) is 0 Å². The lowest BCUT2D eigenvalue weighted by Gasteiger charge is -2.54. The summed E-state index contributed by atoms with van der Waals surface area (Å²) in [4.78, 5) is 15.3. The molecule has 2 aliphatic carbocycles. The normalized spacial score (nSPS) is 40.2. The SMILES string of the molecule is O=C(CCC1C[C@@]2(CF)CCC[C@@](c3ccccc3)(C1)C2)N[C@H]1CN2CCC1CC2. The largest absolute Gasteiger partial charge is 0.352 e. The molecule has 1 amide bonds. The summed E-state index contributed by atoms with van der Waals surface area (Å²) in [6, 6.07) is 11.2. The van der Waals surface area contributed by atoms with Crippen LogP contribution in [0, 0.1) is 17.3 Å². The van der Waals surface area contributed by atoms with Crippen LogP contribution in [0.5, 0.6) is 0 Å². The molecule has 30 heavy (non-hydrogen) atoms. The maximum atomic E-state index is 14.3. The van der Waals surface area contributed by atoms with Gasteiger partial charge in [-0.05, 0) is 92.7 Å². The molecular weight excluding hydrogens is 375 g/mol. The molecule has 0 aromatic heterocycles. The third kappa shape index (κ3) is 3.92. The standard InChI is InChI=1S/C26H37FN2O/c27-19-25-11-4-12-26(18-25,22-5-2-1-3-6-22)16-20(15-25)7-8-24(30)28-23-17-29-13-9-21(23)10-14-29/h1-3,5-6,20-21,23H,4,7-19H2,(H,28,30)/t20?,23-,25-,26+/m0/s1. The third-order valence-electron chi connectivity index (χ3n) is 8.93. The lowest BCUT2D eigenvalue weighted by atomic mass is 9.50. The van der Waals surface area contributed by atoms with Crippen molar-refractivity contribution in [2.75, 3.05) is 26.3 Å². The molecule has 3 saturated heterocycles. The van der Waals surface area contributed by atoms with Crippen molar-refractivity contribution in [1.29, 1.82) is 0 Å². The summed E-state index contributed by atoms with van der Waals surface area (Å²) in [5.74, 6) is 1.34. The molecule has 5 fully saturated rings. The Balaban J connectivity index is 1.24. The van der Waals surface area contributed by atoms with Gasteiger partial charge in [-0.15, -0.1) is 0 Å². The highest BCUT2D eigenvalue weighted by atomic mass is 19.1. The first-order valence-electron chi connectivity index (χ1n) is 12.2. The van der Waals surface area contributed by atoms with Crippen molar-refractivity contribution >= 4 is 5.91 Å². The molecule has 1 unspecified atom stereocenters. The van der Waals surface area contributed by atoms with Gasteiger partial charge >= 0.3 is 0 Å². The number of alkyl halides is 1. The van der Waals surface area contributed by atoms with E-state index in [0.717, 1.165) is 45.1 Å². The highest BCUT2D eigenvalue weighted by Crippen LogP contribution is 2.59. The zero-order valence-corrected chi connectivity index (χ0v) is 18.3. The van der Waals surface area contributed by atoms with Gasteiger partial charge in [0, 0.05) is 19.0 Å². The van der Waals surface area contributed by atoms with Gasteiger partial charge in [0.15, 0.2) is 0 Å². The van der Waals surface area contributed by atoms with E-state index in [1.165, 1.54) is 37.9 Å². The van der Waals surface area contributed by atoms with Crippen LogP contribution in [-0.2, 0) is 10.2 Å². The highest BCUT2D eigenvalue weighted by molar-refractivity contribution is 5.76. The van der Waals surface area contributed by atoms with E-state index >= 15 is 0 Å². The van der Waals surface area contributed by atoms with Crippen molar-refractivity contribution in [1.82, 2.24) is 10.2 Å². The van der Waals surface area contributed by atoms with Crippen LogP contribution in [0.1, 0.15) is 69.8 Å². The maximum absolute atomic E-state index is 14.3. The lowest BCUT2D eigenvalue weighted by molar-refractivity contribution is -0.123. The highest BCUT2D eigenvalue weighted by Gasteiger charge is 2.51. The van der Waals surface area contributed by atoms with Gasteiger partial charge in [-0.1, -0.05) is 36.8 Å². The summed E-state index contributed by atoms with van der Waals surface area (Å²) in [5, 5.41) is 3.35. The number of hydrogen-bond donors (Lipinski definition) is 1. The molecule has 0 spiro atoms. The molecule has 4 heteroatoms. The average Bonchev–Trinajstić information content (AvgIpc) is 2.79. The van der Waals surface area contributed by atoms with Crippen LogP contribution in [-0.4, -0.2) is 43.2 Å². The number of halogens is 1. The number of hydrogen-bond acceptors (Lipinski definition) is 2. The molecule has 5 aliphatic rings. The molecule has 4 bridgehead atoms. The number of carbonyl (C=O) groups is 1. The maximum Gasteiger partial charge on any atom is 0.220 e. The summed E-state index contributed by atoms with van der Waals surface area (Å²) < 4.78 is 14.3. The van der Waals surface area contributed by atoms with E-state index in [1.807, 2.05) is 0 Å². The zero-order valence-electron chi connectivity index (χ0n) is 18.3. The molecule has 6 rings (SSSR count). The molecule has 3 aliphatic heterocycles. The quantitative estimate of drug-likeness (QED) is 0.724. The Kier molecular flexibility index (Phi) is 5.64. The number of carbonyl (C=O) groups excluding carboxylic acids is 1. The number of piperidine rings is 3. The second-order valence-electron chi connectivity index (χ2n) is 10.9. The smallest absolute Gasteiger partial charge is 0.220 e. The van der Waals surface area contributed by atoms with Crippen molar-refractivity contribution in [3.8, 4) is 0 Å². The van der Waals surface area contributed by atoms with E-state index in [0.29, 0.717) is 24.3 Å². The van der Waals surface area contributed by atoms with Gasteiger partial charge in [-0.25, -0.2) is 0 Å². The van der Waals surface area contributed by atoms with E-state index in [-0.39, 0.29) is 23.4 Å². The summed E-state index contributed by atoms with van der Waals surface area (Å²) in [6.45, 7) is 3.23. The third-order valence-corrected chi connectivity index (χ3v) is 8.93. The first-order chi connectivity index (χ1) is 14.6. The van der Waals surface area contributed by atoms with Crippen molar-refractivity contribution in [3.05, 3.63) is 35.9 Å². The van der Waals surface area contributed by atoms with Crippen LogP contribution in [0.25, 0.3) is 0 Å². The number of amides is 1. The number of nitrogens with one attached hydrogen (secondary N) is 1. The predicted octanol–water partition coefficient (Wildman–Crippen LogP) is 4.85. The molecule has 3 heterocycles. The molecule has 2 saturated carbocycles.